The van der Waals surface area contributed by atoms with Gasteiger partial charge in [-0.2, -0.15) is 0 Å². The van der Waals surface area contributed by atoms with Crippen molar-refractivity contribution in [3.05, 3.63) is 71.0 Å². The molecule has 2 aromatic carbocycles. The number of nitrogens with zero attached hydrogens (tertiary/aromatic N) is 1. The van der Waals surface area contributed by atoms with Crippen molar-refractivity contribution in [1.29, 1.82) is 0 Å². The van der Waals surface area contributed by atoms with Crippen molar-refractivity contribution >= 4 is 17.3 Å². The molecule has 0 amide bonds. The van der Waals surface area contributed by atoms with Gasteiger partial charge in [0, 0.05) is 10.9 Å². The van der Waals surface area contributed by atoms with E-state index in [0.717, 1.165) is 10.6 Å². The maximum atomic E-state index is 12.9. The Labute approximate surface area is 135 Å². The van der Waals surface area contributed by atoms with E-state index in [0.29, 0.717) is 11.3 Å². The van der Waals surface area contributed by atoms with Crippen molar-refractivity contribution in [2.75, 3.05) is 0 Å². The van der Waals surface area contributed by atoms with E-state index in [2.05, 4.69) is 4.98 Å². The van der Waals surface area contributed by atoms with Crippen LogP contribution in [0.5, 0.6) is 5.75 Å². The Morgan fingerprint density at radius 2 is 1.83 bits per heavy atom. The third kappa shape index (κ3) is 3.73. The lowest BCUT2D eigenvalue weighted by atomic mass is 10.2. The van der Waals surface area contributed by atoms with Gasteiger partial charge in [0.15, 0.2) is 0 Å². The third-order valence-electron chi connectivity index (χ3n) is 3.10. The normalized spacial score (nSPS) is 10.5. The molecule has 4 nitrogen and oxygen atoms in total. The van der Waals surface area contributed by atoms with Crippen LogP contribution in [0.3, 0.4) is 0 Å². The molecule has 0 saturated carbocycles. The number of aromatic nitrogens is 1. The first-order valence-electron chi connectivity index (χ1n) is 6.78. The number of carbonyl (C=O) groups excluding carboxylic acids is 1. The second kappa shape index (κ2) is 6.58. The highest BCUT2D eigenvalue weighted by molar-refractivity contribution is 7.13. The van der Waals surface area contributed by atoms with Crippen LogP contribution >= 0.6 is 11.3 Å². The molecule has 0 atom stereocenters. The monoisotopic (exact) mass is 329 g/mol. The number of thiazole rings is 1. The zero-order valence-electron chi connectivity index (χ0n) is 11.9. The number of halogens is 1. The van der Waals surface area contributed by atoms with Gasteiger partial charge in [-0.3, -0.25) is 0 Å². The topological polar surface area (TPSA) is 59.4 Å². The van der Waals surface area contributed by atoms with Crippen LogP contribution in [-0.2, 0) is 11.3 Å². The summed E-state index contributed by atoms with van der Waals surface area (Å²) in [7, 11) is 0. The van der Waals surface area contributed by atoms with Crippen LogP contribution in [0, 0.1) is 5.82 Å². The summed E-state index contributed by atoms with van der Waals surface area (Å²) in [6, 6.07) is 11.9. The smallest absolute Gasteiger partial charge is 0.338 e. The molecule has 6 heteroatoms. The molecular formula is C17H12FNO3S. The first-order chi connectivity index (χ1) is 11.1. The lowest BCUT2D eigenvalue weighted by Crippen LogP contribution is -2.05. The van der Waals surface area contributed by atoms with Gasteiger partial charge in [-0.05, 0) is 48.5 Å². The Hall–Kier alpha value is -2.73. The summed E-state index contributed by atoms with van der Waals surface area (Å²) in [4.78, 5) is 16.2. The number of hydrogen-bond donors (Lipinski definition) is 1. The molecular weight excluding hydrogens is 317 g/mol. The van der Waals surface area contributed by atoms with Gasteiger partial charge in [-0.15, -0.1) is 11.3 Å². The Morgan fingerprint density at radius 1 is 1.13 bits per heavy atom. The average molecular weight is 329 g/mol. The number of aromatic hydroxyl groups is 1. The first kappa shape index (κ1) is 15.2. The largest absolute Gasteiger partial charge is 0.508 e. The summed E-state index contributed by atoms with van der Waals surface area (Å²) < 4.78 is 18.1. The number of carbonyl (C=O) groups is 1. The number of ether oxygens (including phenoxy) is 1. The minimum atomic E-state index is -0.485. The number of hydrogen-bond acceptors (Lipinski definition) is 5. The van der Waals surface area contributed by atoms with Crippen molar-refractivity contribution in [3.8, 4) is 16.3 Å². The van der Waals surface area contributed by atoms with Crippen LogP contribution in [-0.4, -0.2) is 16.1 Å². The summed E-state index contributed by atoms with van der Waals surface area (Å²) in [6.45, 7) is 0.0530. The van der Waals surface area contributed by atoms with Crippen molar-refractivity contribution in [2.45, 2.75) is 6.61 Å². The first-order valence-corrected chi connectivity index (χ1v) is 7.66. The zero-order chi connectivity index (χ0) is 16.2. The maximum Gasteiger partial charge on any atom is 0.338 e. The third-order valence-corrected chi connectivity index (χ3v) is 4.04. The predicted octanol–water partition coefficient (Wildman–Crippen LogP) is 4.01. The summed E-state index contributed by atoms with van der Waals surface area (Å²) in [5, 5.41) is 11.7. The minimum absolute atomic E-state index is 0.0530. The molecule has 23 heavy (non-hydrogen) atoms. The number of rotatable bonds is 4. The fraction of sp³-hybridized carbons (Fsp3) is 0.0588. The Bertz CT molecular complexity index is 813. The Kier molecular flexibility index (Phi) is 4.34. The van der Waals surface area contributed by atoms with Gasteiger partial charge in [-0.25, -0.2) is 14.2 Å². The number of benzene rings is 2. The molecule has 0 aliphatic heterocycles. The second-order valence-electron chi connectivity index (χ2n) is 4.77. The van der Waals surface area contributed by atoms with E-state index in [1.807, 2.05) is 0 Å². The molecule has 0 spiro atoms. The highest BCUT2D eigenvalue weighted by atomic mass is 32.1. The van der Waals surface area contributed by atoms with Gasteiger partial charge >= 0.3 is 5.97 Å². The van der Waals surface area contributed by atoms with Crippen LogP contribution in [0.2, 0.25) is 0 Å². The van der Waals surface area contributed by atoms with Crippen LogP contribution < -0.4 is 0 Å². The highest BCUT2D eigenvalue weighted by Crippen LogP contribution is 2.24. The van der Waals surface area contributed by atoms with E-state index in [4.69, 9.17) is 4.74 Å². The van der Waals surface area contributed by atoms with Crippen molar-refractivity contribution < 1.29 is 19.0 Å². The highest BCUT2D eigenvalue weighted by Gasteiger charge is 2.10. The van der Waals surface area contributed by atoms with Gasteiger partial charge in [0.25, 0.3) is 0 Å². The summed E-state index contributed by atoms with van der Waals surface area (Å²) in [6.07, 6.45) is 0. The molecule has 116 valence electrons. The van der Waals surface area contributed by atoms with Crippen molar-refractivity contribution in [2.24, 2.45) is 0 Å². The quantitative estimate of drug-likeness (QED) is 0.735. The number of esters is 1. The fourth-order valence-electron chi connectivity index (χ4n) is 1.92. The van der Waals surface area contributed by atoms with E-state index in [1.54, 1.807) is 17.5 Å². The molecule has 1 aromatic heterocycles. The molecule has 3 rings (SSSR count). The van der Waals surface area contributed by atoms with Gasteiger partial charge in [-0.1, -0.05) is 0 Å². The van der Waals surface area contributed by atoms with Gasteiger partial charge in [0.2, 0.25) is 0 Å². The molecule has 1 heterocycles. The SMILES string of the molecule is O=C(OCc1csc(-c2ccc(F)cc2)n1)c1ccc(O)cc1. The molecule has 0 bridgehead atoms. The summed E-state index contributed by atoms with van der Waals surface area (Å²) in [5.41, 5.74) is 1.80. The number of phenols is 1. The van der Waals surface area contributed by atoms with Crippen LogP contribution in [0.4, 0.5) is 4.39 Å². The lowest BCUT2D eigenvalue weighted by molar-refractivity contribution is 0.0468. The molecule has 3 aromatic rings. The van der Waals surface area contributed by atoms with Gasteiger partial charge in [0.1, 0.15) is 23.2 Å². The minimum Gasteiger partial charge on any atom is -0.508 e. The Morgan fingerprint density at radius 3 is 2.52 bits per heavy atom. The summed E-state index contributed by atoms with van der Waals surface area (Å²) in [5.74, 6) is -0.695. The molecule has 0 aliphatic rings. The standard InChI is InChI=1S/C17H12FNO3S/c18-13-5-1-11(2-6-13)16-19-14(10-23-16)9-22-17(21)12-3-7-15(20)8-4-12/h1-8,10,20H,9H2. The van der Waals surface area contributed by atoms with E-state index in [9.17, 15) is 14.3 Å². The second-order valence-corrected chi connectivity index (χ2v) is 5.63. The van der Waals surface area contributed by atoms with Crippen molar-refractivity contribution in [1.82, 2.24) is 4.98 Å². The number of phenolic OH excluding ortho intramolecular Hbond substituents is 1. The molecule has 0 saturated heterocycles. The zero-order valence-corrected chi connectivity index (χ0v) is 12.7. The predicted molar refractivity (Wildman–Crippen MR) is 84.7 cm³/mol. The van der Waals surface area contributed by atoms with Crippen molar-refractivity contribution in [3.63, 3.8) is 0 Å². The fourth-order valence-corrected chi connectivity index (χ4v) is 2.73. The van der Waals surface area contributed by atoms with Gasteiger partial charge < -0.3 is 9.84 Å². The average Bonchev–Trinajstić information content (AvgIpc) is 3.03. The van der Waals surface area contributed by atoms with E-state index in [-0.39, 0.29) is 18.2 Å². The lowest BCUT2D eigenvalue weighted by Gasteiger charge is -2.03. The van der Waals surface area contributed by atoms with Gasteiger partial charge in [0.05, 0.1) is 11.3 Å². The summed E-state index contributed by atoms with van der Waals surface area (Å²) >= 11 is 1.40. The molecule has 0 aliphatic carbocycles. The molecule has 0 radical (unpaired) electrons. The Balaban J connectivity index is 1.64. The molecule has 0 unspecified atom stereocenters. The van der Waals surface area contributed by atoms with Crippen LogP contribution in [0.1, 0.15) is 16.1 Å². The van der Waals surface area contributed by atoms with E-state index < -0.39 is 5.97 Å². The molecule has 0 fully saturated rings. The maximum absolute atomic E-state index is 12.9. The van der Waals surface area contributed by atoms with E-state index >= 15 is 0 Å². The van der Waals surface area contributed by atoms with E-state index in [1.165, 1.54) is 47.7 Å². The van der Waals surface area contributed by atoms with Crippen LogP contribution in [0.25, 0.3) is 10.6 Å². The van der Waals surface area contributed by atoms with Crippen LogP contribution in [0.15, 0.2) is 53.9 Å². The molecule has 1 N–H and O–H groups in total.